The molecule has 1 aromatic heterocycles. The zero-order chi connectivity index (χ0) is 22.1. The second-order valence-corrected chi connectivity index (χ2v) is 9.94. The van der Waals surface area contributed by atoms with Crippen LogP contribution in [0.3, 0.4) is 0 Å². The number of sulfonamides is 1. The van der Waals surface area contributed by atoms with Crippen LogP contribution in [0.1, 0.15) is 55.8 Å². The first-order valence-corrected chi connectivity index (χ1v) is 11.3. The van der Waals surface area contributed by atoms with Gasteiger partial charge in [-0.15, -0.1) is 0 Å². The summed E-state index contributed by atoms with van der Waals surface area (Å²) in [5.74, 6) is -0.0465. The Morgan fingerprint density at radius 2 is 1.77 bits per heavy atom. The fraction of sp³-hybridized carbons (Fsp3) is 0.348. The van der Waals surface area contributed by atoms with E-state index in [-0.39, 0.29) is 10.3 Å². The average Bonchev–Trinajstić information content (AvgIpc) is 3.00. The van der Waals surface area contributed by atoms with E-state index in [0.29, 0.717) is 41.0 Å². The van der Waals surface area contributed by atoms with Gasteiger partial charge in [-0.05, 0) is 54.7 Å². The summed E-state index contributed by atoms with van der Waals surface area (Å²) in [6.07, 6.45) is 0.708. The van der Waals surface area contributed by atoms with E-state index in [0.717, 1.165) is 5.56 Å². The van der Waals surface area contributed by atoms with Crippen LogP contribution in [-0.2, 0) is 20.2 Å². The Hall–Kier alpha value is -2.80. The first-order valence-electron chi connectivity index (χ1n) is 9.86. The molecule has 0 unspecified atom stereocenters. The van der Waals surface area contributed by atoms with E-state index in [4.69, 9.17) is 9.15 Å². The molecule has 0 saturated carbocycles. The number of hydrogen-bond acceptors (Lipinski definition) is 5. The van der Waals surface area contributed by atoms with Crippen LogP contribution >= 0.6 is 0 Å². The van der Waals surface area contributed by atoms with Gasteiger partial charge in [-0.25, -0.2) is 13.2 Å². The molecule has 7 heteroatoms. The molecule has 0 amide bonds. The fourth-order valence-electron chi connectivity index (χ4n) is 3.15. The van der Waals surface area contributed by atoms with Crippen molar-refractivity contribution in [3.8, 4) is 0 Å². The first-order chi connectivity index (χ1) is 14.0. The van der Waals surface area contributed by atoms with Crippen molar-refractivity contribution in [2.45, 2.75) is 51.3 Å². The molecule has 6 nitrogen and oxygen atoms in total. The first kappa shape index (κ1) is 21.9. The van der Waals surface area contributed by atoms with E-state index >= 15 is 0 Å². The number of carbonyl (C=O) groups excluding carboxylic acids is 1. The van der Waals surface area contributed by atoms with Gasteiger partial charge in [0.15, 0.2) is 0 Å². The minimum absolute atomic E-state index is 0.0668. The van der Waals surface area contributed by atoms with Gasteiger partial charge in [0.05, 0.1) is 11.5 Å². The highest BCUT2D eigenvalue weighted by atomic mass is 32.2. The molecular weight excluding hydrogens is 402 g/mol. The predicted octanol–water partition coefficient (Wildman–Crippen LogP) is 5.41. The lowest BCUT2D eigenvalue weighted by Gasteiger charge is -2.19. The molecular formula is C23H27NO5S. The molecule has 0 atom stereocenters. The molecule has 0 saturated heterocycles. The number of anilines is 1. The summed E-state index contributed by atoms with van der Waals surface area (Å²) in [6.45, 7) is 10.1. The SMILES string of the molecule is CCCOC(=O)c1c(C)oc2ccc(NS(=O)(=O)c3ccc(C(C)(C)C)cc3)cc12. The van der Waals surface area contributed by atoms with E-state index < -0.39 is 16.0 Å². The average molecular weight is 430 g/mol. The number of esters is 1. The van der Waals surface area contributed by atoms with Gasteiger partial charge >= 0.3 is 5.97 Å². The Labute approximate surface area is 177 Å². The molecule has 3 rings (SSSR count). The van der Waals surface area contributed by atoms with Gasteiger partial charge in [0.25, 0.3) is 10.0 Å². The summed E-state index contributed by atoms with van der Waals surface area (Å²) < 4.78 is 39.1. The number of fused-ring (bicyclic) bond motifs is 1. The highest BCUT2D eigenvalue weighted by Crippen LogP contribution is 2.30. The minimum Gasteiger partial charge on any atom is -0.462 e. The summed E-state index contributed by atoms with van der Waals surface area (Å²) in [7, 11) is -3.78. The van der Waals surface area contributed by atoms with E-state index in [2.05, 4.69) is 25.5 Å². The topological polar surface area (TPSA) is 85.6 Å². The maximum absolute atomic E-state index is 12.8. The summed E-state index contributed by atoms with van der Waals surface area (Å²) in [5, 5.41) is 0.511. The van der Waals surface area contributed by atoms with Crippen molar-refractivity contribution in [3.63, 3.8) is 0 Å². The molecule has 0 spiro atoms. The molecule has 1 N–H and O–H groups in total. The third-order valence-electron chi connectivity index (χ3n) is 4.79. The molecule has 0 bridgehead atoms. The lowest BCUT2D eigenvalue weighted by Crippen LogP contribution is -2.15. The van der Waals surface area contributed by atoms with Crippen molar-refractivity contribution in [2.75, 3.05) is 11.3 Å². The van der Waals surface area contributed by atoms with Crippen molar-refractivity contribution in [1.29, 1.82) is 0 Å². The number of nitrogens with one attached hydrogen (secondary N) is 1. The Morgan fingerprint density at radius 3 is 2.37 bits per heavy atom. The van der Waals surface area contributed by atoms with E-state index in [9.17, 15) is 13.2 Å². The largest absolute Gasteiger partial charge is 0.462 e. The smallest absolute Gasteiger partial charge is 0.342 e. The molecule has 1 heterocycles. The third-order valence-corrected chi connectivity index (χ3v) is 6.19. The molecule has 0 radical (unpaired) electrons. The molecule has 0 aliphatic rings. The Balaban J connectivity index is 1.92. The highest BCUT2D eigenvalue weighted by Gasteiger charge is 2.22. The van der Waals surface area contributed by atoms with Crippen LogP contribution in [0.15, 0.2) is 51.8 Å². The van der Waals surface area contributed by atoms with Gasteiger partial charge in [-0.2, -0.15) is 0 Å². The number of carbonyl (C=O) groups is 1. The van der Waals surface area contributed by atoms with Gasteiger partial charge in [-0.3, -0.25) is 4.72 Å². The fourth-order valence-corrected chi connectivity index (χ4v) is 4.20. The lowest BCUT2D eigenvalue weighted by atomic mass is 9.87. The Morgan fingerprint density at radius 1 is 1.10 bits per heavy atom. The summed E-state index contributed by atoms with van der Waals surface area (Å²) >= 11 is 0. The standard InChI is InChI=1S/C23H27NO5S/c1-6-13-28-22(25)21-15(2)29-20-12-9-17(14-19(20)21)24-30(26,27)18-10-7-16(8-11-18)23(3,4)5/h7-12,14,24H,6,13H2,1-5H3. The number of aryl methyl sites for hydroxylation is 1. The van der Waals surface area contributed by atoms with Crippen LogP contribution in [0.5, 0.6) is 0 Å². The second-order valence-electron chi connectivity index (χ2n) is 8.26. The molecule has 2 aromatic carbocycles. The van der Waals surface area contributed by atoms with E-state index in [1.807, 2.05) is 19.1 Å². The van der Waals surface area contributed by atoms with Gasteiger partial charge < -0.3 is 9.15 Å². The summed E-state index contributed by atoms with van der Waals surface area (Å²) in [4.78, 5) is 12.6. The van der Waals surface area contributed by atoms with Gasteiger partial charge in [0.2, 0.25) is 0 Å². The second kappa shape index (κ2) is 8.14. The zero-order valence-corrected chi connectivity index (χ0v) is 18.7. The Kier molecular flexibility index (Phi) is 5.94. The highest BCUT2D eigenvalue weighted by molar-refractivity contribution is 7.92. The Bertz CT molecular complexity index is 1170. The van der Waals surface area contributed by atoms with E-state index in [1.165, 1.54) is 0 Å². The van der Waals surface area contributed by atoms with Gasteiger partial charge in [-0.1, -0.05) is 39.8 Å². The monoisotopic (exact) mass is 429 g/mol. The van der Waals surface area contributed by atoms with Gasteiger partial charge in [0, 0.05) is 11.1 Å². The molecule has 0 aliphatic heterocycles. The van der Waals surface area contributed by atoms with Gasteiger partial charge in [0.1, 0.15) is 16.9 Å². The van der Waals surface area contributed by atoms with Crippen LogP contribution in [0.25, 0.3) is 11.0 Å². The molecule has 3 aromatic rings. The number of ether oxygens (including phenoxy) is 1. The maximum atomic E-state index is 12.8. The molecule has 160 valence electrons. The minimum atomic E-state index is -3.78. The summed E-state index contributed by atoms with van der Waals surface area (Å²) in [5.41, 5.74) is 2.13. The normalized spacial score (nSPS) is 12.2. The zero-order valence-electron chi connectivity index (χ0n) is 17.9. The number of rotatable bonds is 6. The number of hydrogen-bond donors (Lipinski definition) is 1. The summed E-state index contributed by atoms with van der Waals surface area (Å²) in [6, 6.07) is 11.7. The lowest BCUT2D eigenvalue weighted by molar-refractivity contribution is 0.0505. The number of benzene rings is 2. The van der Waals surface area contributed by atoms with Crippen LogP contribution in [0, 0.1) is 6.92 Å². The van der Waals surface area contributed by atoms with Crippen molar-refractivity contribution < 1.29 is 22.4 Å². The van der Waals surface area contributed by atoms with Crippen LogP contribution in [0.2, 0.25) is 0 Å². The van der Waals surface area contributed by atoms with Crippen LogP contribution < -0.4 is 4.72 Å². The maximum Gasteiger partial charge on any atom is 0.342 e. The number of furan rings is 1. The van der Waals surface area contributed by atoms with Crippen molar-refractivity contribution in [1.82, 2.24) is 0 Å². The van der Waals surface area contributed by atoms with Crippen molar-refractivity contribution in [2.24, 2.45) is 0 Å². The predicted molar refractivity (Wildman–Crippen MR) is 117 cm³/mol. The van der Waals surface area contributed by atoms with Crippen LogP contribution in [0.4, 0.5) is 5.69 Å². The third kappa shape index (κ3) is 4.51. The van der Waals surface area contributed by atoms with Crippen LogP contribution in [-0.4, -0.2) is 21.0 Å². The van der Waals surface area contributed by atoms with Crippen molar-refractivity contribution in [3.05, 3.63) is 59.4 Å². The van der Waals surface area contributed by atoms with E-state index in [1.54, 1.807) is 37.3 Å². The van der Waals surface area contributed by atoms with Crippen molar-refractivity contribution >= 4 is 32.6 Å². The quantitative estimate of drug-likeness (QED) is 0.530. The molecule has 0 fully saturated rings. The molecule has 30 heavy (non-hydrogen) atoms. The molecule has 0 aliphatic carbocycles.